The number of hydrogen-bond donors (Lipinski definition) is 2. The van der Waals surface area contributed by atoms with E-state index in [0.29, 0.717) is 6.04 Å². The van der Waals surface area contributed by atoms with Crippen molar-refractivity contribution in [3.05, 3.63) is 23.9 Å². The summed E-state index contributed by atoms with van der Waals surface area (Å²) in [5.74, 6) is 0. The molecule has 0 aromatic carbocycles. The minimum atomic E-state index is 0.485. The Morgan fingerprint density at radius 3 is 2.75 bits per heavy atom. The number of nitrogens with zero attached hydrogens (tertiary/aromatic N) is 2. The van der Waals surface area contributed by atoms with Gasteiger partial charge in [-0.1, -0.05) is 24.5 Å². The molecule has 1 aromatic rings. The zero-order chi connectivity index (χ0) is 14.5. The number of nitrogens with one attached hydrogen (secondary N) is 2. The molecule has 0 amide bonds. The lowest BCUT2D eigenvalue weighted by molar-refractivity contribution is 0.425. The van der Waals surface area contributed by atoms with Crippen molar-refractivity contribution in [1.29, 1.82) is 0 Å². The third kappa shape index (κ3) is 3.55. The predicted molar refractivity (Wildman–Crippen MR) is 88.7 cm³/mol. The van der Waals surface area contributed by atoms with Crippen LogP contribution in [0.5, 0.6) is 0 Å². The van der Waals surface area contributed by atoms with Crippen LogP contribution in [-0.2, 0) is 0 Å². The van der Waals surface area contributed by atoms with E-state index in [2.05, 4.69) is 33.8 Å². The average Bonchev–Trinajstić information content (AvgIpc) is 2.85. The Bertz CT molecular complexity index is 524. The number of thiazole rings is 1. The van der Waals surface area contributed by atoms with Crippen LogP contribution in [0.2, 0.25) is 0 Å². The van der Waals surface area contributed by atoms with Crippen LogP contribution in [0.15, 0.2) is 18.2 Å². The van der Waals surface area contributed by atoms with E-state index in [1.165, 1.54) is 0 Å². The van der Waals surface area contributed by atoms with Crippen molar-refractivity contribution in [2.45, 2.75) is 32.7 Å². The molecule has 0 bridgehead atoms. The molecule has 0 spiro atoms. The monoisotopic (exact) mass is 290 g/mol. The molecule has 0 atom stereocenters. The lowest BCUT2D eigenvalue weighted by Gasteiger charge is -2.24. The van der Waals surface area contributed by atoms with Gasteiger partial charge in [-0.15, -0.1) is 0 Å². The predicted octanol–water partition coefficient (Wildman–Crippen LogP) is 3.21. The fourth-order valence-electron chi connectivity index (χ4n) is 2.20. The molecule has 108 valence electrons. The second-order valence-electron chi connectivity index (χ2n) is 4.99. The van der Waals surface area contributed by atoms with Crippen LogP contribution in [-0.4, -0.2) is 30.3 Å². The van der Waals surface area contributed by atoms with Crippen molar-refractivity contribution in [2.24, 2.45) is 4.99 Å². The van der Waals surface area contributed by atoms with Gasteiger partial charge in [0.15, 0.2) is 0 Å². The van der Waals surface area contributed by atoms with Crippen molar-refractivity contribution < 1.29 is 0 Å². The van der Waals surface area contributed by atoms with Gasteiger partial charge in [-0.3, -0.25) is 0 Å². The first-order valence-electron chi connectivity index (χ1n) is 6.93. The average molecular weight is 290 g/mol. The summed E-state index contributed by atoms with van der Waals surface area (Å²) >= 11 is 1.56. The topological polar surface area (TPSA) is 49.3 Å². The van der Waals surface area contributed by atoms with E-state index in [4.69, 9.17) is 0 Å². The van der Waals surface area contributed by atoms with Crippen LogP contribution in [0.3, 0.4) is 0 Å². The van der Waals surface area contributed by atoms with E-state index < -0.39 is 0 Å². The number of piperidine rings is 1. The Kier molecular flexibility index (Phi) is 5.09. The van der Waals surface area contributed by atoms with Gasteiger partial charge >= 0.3 is 0 Å². The van der Waals surface area contributed by atoms with Gasteiger partial charge in [0.25, 0.3) is 0 Å². The van der Waals surface area contributed by atoms with Crippen LogP contribution >= 0.6 is 11.3 Å². The Morgan fingerprint density at radius 2 is 2.15 bits per heavy atom. The van der Waals surface area contributed by atoms with Crippen molar-refractivity contribution >= 4 is 33.8 Å². The maximum absolute atomic E-state index is 4.62. The maximum Gasteiger partial charge on any atom is 0.143 e. The van der Waals surface area contributed by atoms with E-state index in [9.17, 15) is 0 Å². The van der Waals surface area contributed by atoms with Gasteiger partial charge in [0.2, 0.25) is 0 Å². The van der Waals surface area contributed by atoms with E-state index in [1.54, 1.807) is 17.6 Å². The molecule has 0 saturated carbocycles. The molecule has 1 aromatic heterocycles. The number of aromatic nitrogens is 1. The minimum Gasteiger partial charge on any atom is -0.380 e. The molecular weight excluding hydrogens is 268 g/mol. The normalized spacial score (nSPS) is 16.5. The molecule has 1 saturated heterocycles. The third-order valence-electron chi connectivity index (χ3n) is 3.24. The zero-order valence-electron chi connectivity index (χ0n) is 12.2. The molecule has 0 unspecified atom stereocenters. The van der Waals surface area contributed by atoms with Gasteiger partial charge in [0.05, 0.1) is 5.70 Å². The van der Waals surface area contributed by atoms with E-state index in [-0.39, 0.29) is 0 Å². The van der Waals surface area contributed by atoms with Gasteiger partial charge in [-0.05, 0) is 45.4 Å². The highest BCUT2D eigenvalue weighted by Crippen LogP contribution is 2.34. The second kappa shape index (κ2) is 6.81. The van der Waals surface area contributed by atoms with E-state index in [1.807, 2.05) is 13.8 Å². The first kappa shape index (κ1) is 14.9. The van der Waals surface area contributed by atoms with Crippen molar-refractivity contribution in [3.63, 3.8) is 0 Å². The van der Waals surface area contributed by atoms with E-state index >= 15 is 0 Å². The van der Waals surface area contributed by atoms with Gasteiger partial charge in [-0.25, -0.2) is 9.98 Å². The Labute approximate surface area is 124 Å². The lowest BCUT2D eigenvalue weighted by Crippen LogP contribution is -2.38. The summed E-state index contributed by atoms with van der Waals surface area (Å²) < 4.78 is 0. The SMILES string of the molecule is C=C(NC1CCNCC1)c1nc(C(=C)C)c(/N=C\C)s1. The lowest BCUT2D eigenvalue weighted by atomic mass is 10.1. The van der Waals surface area contributed by atoms with Crippen molar-refractivity contribution in [1.82, 2.24) is 15.6 Å². The summed E-state index contributed by atoms with van der Waals surface area (Å²) in [5, 5.41) is 8.66. The molecule has 1 aliphatic heterocycles. The van der Waals surface area contributed by atoms with Crippen LogP contribution in [0.1, 0.15) is 37.4 Å². The molecule has 4 nitrogen and oxygen atoms in total. The molecule has 5 heteroatoms. The van der Waals surface area contributed by atoms with Crippen molar-refractivity contribution in [3.8, 4) is 0 Å². The van der Waals surface area contributed by atoms with E-state index in [0.717, 1.165) is 52.9 Å². The second-order valence-corrected chi connectivity index (χ2v) is 5.97. The summed E-state index contributed by atoms with van der Waals surface area (Å²) in [4.78, 5) is 8.99. The summed E-state index contributed by atoms with van der Waals surface area (Å²) in [6, 6.07) is 0.485. The fraction of sp³-hybridized carbons (Fsp3) is 0.467. The summed E-state index contributed by atoms with van der Waals surface area (Å²) in [6.07, 6.45) is 4.03. The Morgan fingerprint density at radius 1 is 1.45 bits per heavy atom. The molecular formula is C15H22N4S. The quantitative estimate of drug-likeness (QED) is 0.819. The molecule has 2 rings (SSSR count). The highest BCUT2D eigenvalue weighted by Gasteiger charge is 2.17. The van der Waals surface area contributed by atoms with Crippen molar-refractivity contribution in [2.75, 3.05) is 13.1 Å². The highest BCUT2D eigenvalue weighted by molar-refractivity contribution is 7.16. The first-order valence-corrected chi connectivity index (χ1v) is 7.75. The highest BCUT2D eigenvalue weighted by atomic mass is 32.1. The molecule has 2 N–H and O–H groups in total. The molecule has 0 radical (unpaired) electrons. The number of allylic oxidation sites excluding steroid dienone is 1. The Balaban J connectivity index is 2.13. The minimum absolute atomic E-state index is 0.485. The van der Waals surface area contributed by atoms with Gasteiger partial charge in [0.1, 0.15) is 15.7 Å². The maximum atomic E-state index is 4.62. The summed E-state index contributed by atoms with van der Waals surface area (Å²) in [7, 11) is 0. The van der Waals surface area contributed by atoms with Gasteiger partial charge in [0, 0.05) is 12.3 Å². The standard InChI is InChI=1S/C15H22N4S/c1-5-17-15-13(10(2)3)19-14(20-15)11(4)18-12-6-8-16-9-7-12/h5,12,16,18H,2,4,6-9H2,1,3H3/b17-5-. The molecule has 1 aliphatic rings. The van der Waals surface area contributed by atoms with Crippen LogP contribution in [0.4, 0.5) is 5.00 Å². The number of aliphatic imine (C=N–C) groups is 1. The smallest absolute Gasteiger partial charge is 0.143 e. The van der Waals surface area contributed by atoms with Gasteiger partial charge < -0.3 is 10.6 Å². The van der Waals surface area contributed by atoms with Gasteiger partial charge in [-0.2, -0.15) is 0 Å². The first-order chi connectivity index (χ1) is 9.61. The molecule has 20 heavy (non-hydrogen) atoms. The van der Waals surface area contributed by atoms with Crippen LogP contribution < -0.4 is 10.6 Å². The van der Waals surface area contributed by atoms with Crippen LogP contribution in [0, 0.1) is 0 Å². The molecule has 2 heterocycles. The number of hydrogen-bond acceptors (Lipinski definition) is 5. The Hall–Kier alpha value is -1.46. The zero-order valence-corrected chi connectivity index (χ0v) is 13.0. The summed E-state index contributed by atoms with van der Waals surface area (Å²) in [5.41, 5.74) is 2.70. The molecule has 0 aliphatic carbocycles. The summed E-state index contributed by atoms with van der Waals surface area (Å²) in [6.45, 7) is 14.1. The number of rotatable bonds is 5. The fourth-order valence-corrected chi connectivity index (χ4v) is 3.18. The van der Waals surface area contributed by atoms with Crippen LogP contribution in [0.25, 0.3) is 11.3 Å². The largest absolute Gasteiger partial charge is 0.380 e. The molecule has 1 fully saturated rings. The third-order valence-corrected chi connectivity index (χ3v) is 4.26.